The molecule has 0 bridgehead atoms. The molecule has 0 saturated carbocycles. The van der Waals surface area contributed by atoms with Crippen molar-refractivity contribution in [2.75, 3.05) is 17.2 Å². The zero-order valence-corrected chi connectivity index (χ0v) is 13.7. The van der Waals surface area contributed by atoms with Crippen LogP contribution in [0.1, 0.15) is 24.2 Å². The minimum Gasteiger partial charge on any atom is -0.482 e. The third kappa shape index (κ3) is 3.32. The monoisotopic (exact) mass is 329 g/mol. The van der Waals surface area contributed by atoms with Crippen molar-refractivity contribution in [1.29, 1.82) is 0 Å². The van der Waals surface area contributed by atoms with Gasteiger partial charge in [-0.25, -0.2) is 4.79 Å². The lowest BCUT2D eigenvalue weighted by Gasteiger charge is -2.21. The molecular formula is C16H19N5O3. The molecule has 0 saturated heterocycles. The molecule has 1 aliphatic heterocycles. The van der Waals surface area contributed by atoms with E-state index in [0.717, 1.165) is 11.3 Å². The Bertz CT molecular complexity index is 799. The minimum absolute atomic E-state index is 0.0205. The van der Waals surface area contributed by atoms with E-state index in [1.165, 1.54) is 0 Å². The standard InChI is InChI=1S/C16H19N5O3/c1-9-6-14(21(3)20-9)19-16(23)17-10(2)11-4-5-13-12(7-11)18-15(22)8-24-13/h4-7,10H,8H2,1-3H3,(H,18,22)(H2,17,19,23). The summed E-state index contributed by atoms with van der Waals surface area (Å²) in [7, 11) is 1.76. The van der Waals surface area contributed by atoms with Crippen LogP contribution >= 0.6 is 0 Å². The molecule has 2 heterocycles. The van der Waals surface area contributed by atoms with Gasteiger partial charge in [-0.05, 0) is 31.5 Å². The van der Waals surface area contributed by atoms with Crippen molar-refractivity contribution >= 4 is 23.4 Å². The Balaban J connectivity index is 1.67. The lowest BCUT2D eigenvalue weighted by atomic mass is 10.1. The van der Waals surface area contributed by atoms with Crippen molar-refractivity contribution < 1.29 is 14.3 Å². The largest absolute Gasteiger partial charge is 0.482 e. The van der Waals surface area contributed by atoms with Gasteiger partial charge in [-0.1, -0.05) is 6.07 Å². The summed E-state index contributed by atoms with van der Waals surface area (Å²) in [6.07, 6.45) is 0. The summed E-state index contributed by atoms with van der Waals surface area (Å²) >= 11 is 0. The Morgan fingerprint density at radius 3 is 2.92 bits per heavy atom. The van der Waals surface area contributed by atoms with Crippen LogP contribution in [0.3, 0.4) is 0 Å². The Morgan fingerprint density at radius 1 is 1.42 bits per heavy atom. The number of carbonyl (C=O) groups is 2. The molecule has 1 aromatic carbocycles. The van der Waals surface area contributed by atoms with Crippen molar-refractivity contribution in [1.82, 2.24) is 15.1 Å². The zero-order chi connectivity index (χ0) is 17.3. The maximum absolute atomic E-state index is 12.1. The molecule has 1 aromatic heterocycles. The highest BCUT2D eigenvalue weighted by atomic mass is 16.5. The number of amides is 3. The first-order chi connectivity index (χ1) is 11.4. The third-order valence-electron chi connectivity index (χ3n) is 3.73. The summed E-state index contributed by atoms with van der Waals surface area (Å²) in [6, 6.07) is 6.65. The quantitative estimate of drug-likeness (QED) is 0.801. The predicted molar refractivity (Wildman–Crippen MR) is 89.1 cm³/mol. The fourth-order valence-corrected chi connectivity index (χ4v) is 2.53. The smallest absolute Gasteiger partial charge is 0.320 e. The molecule has 126 valence electrons. The molecule has 8 nitrogen and oxygen atoms in total. The number of hydrogen-bond acceptors (Lipinski definition) is 4. The summed E-state index contributed by atoms with van der Waals surface area (Å²) in [4.78, 5) is 23.5. The van der Waals surface area contributed by atoms with Crippen LogP contribution in [0, 0.1) is 6.92 Å². The van der Waals surface area contributed by atoms with Crippen LogP contribution in [0.4, 0.5) is 16.3 Å². The highest BCUT2D eigenvalue weighted by Gasteiger charge is 2.18. The molecule has 1 atom stereocenters. The highest BCUT2D eigenvalue weighted by Crippen LogP contribution is 2.30. The number of nitrogens with zero attached hydrogens (tertiary/aromatic N) is 2. The molecule has 1 unspecified atom stereocenters. The molecule has 3 amide bonds. The Hall–Kier alpha value is -3.03. The number of aryl methyl sites for hydroxylation is 2. The van der Waals surface area contributed by atoms with Crippen LogP contribution < -0.4 is 20.7 Å². The summed E-state index contributed by atoms with van der Waals surface area (Å²) in [6.45, 7) is 3.74. The number of urea groups is 1. The van der Waals surface area contributed by atoms with E-state index in [9.17, 15) is 9.59 Å². The van der Waals surface area contributed by atoms with Gasteiger partial charge in [0, 0.05) is 13.1 Å². The van der Waals surface area contributed by atoms with Gasteiger partial charge in [0.2, 0.25) is 0 Å². The highest BCUT2D eigenvalue weighted by molar-refractivity contribution is 5.95. The lowest BCUT2D eigenvalue weighted by molar-refractivity contribution is -0.118. The van der Waals surface area contributed by atoms with Crippen LogP contribution in [-0.4, -0.2) is 28.3 Å². The Labute approximate surface area is 139 Å². The number of anilines is 2. The minimum atomic E-state index is -0.330. The zero-order valence-electron chi connectivity index (χ0n) is 13.7. The number of hydrogen-bond donors (Lipinski definition) is 3. The molecule has 24 heavy (non-hydrogen) atoms. The van der Waals surface area contributed by atoms with Gasteiger partial charge in [0.15, 0.2) is 6.61 Å². The van der Waals surface area contributed by atoms with E-state index in [-0.39, 0.29) is 24.6 Å². The average Bonchev–Trinajstić information content (AvgIpc) is 2.83. The van der Waals surface area contributed by atoms with E-state index in [1.54, 1.807) is 29.9 Å². The Morgan fingerprint density at radius 2 is 2.21 bits per heavy atom. The van der Waals surface area contributed by atoms with E-state index in [2.05, 4.69) is 21.0 Å². The summed E-state index contributed by atoms with van der Waals surface area (Å²) in [5.41, 5.74) is 2.29. The maximum atomic E-state index is 12.1. The van der Waals surface area contributed by atoms with E-state index in [1.807, 2.05) is 19.9 Å². The van der Waals surface area contributed by atoms with Gasteiger partial charge >= 0.3 is 6.03 Å². The molecule has 0 aliphatic carbocycles. The normalized spacial score (nSPS) is 14.2. The number of fused-ring (bicyclic) bond motifs is 1. The van der Waals surface area contributed by atoms with Gasteiger partial charge in [0.25, 0.3) is 5.91 Å². The fourth-order valence-electron chi connectivity index (χ4n) is 2.53. The van der Waals surface area contributed by atoms with Crippen molar-refractivity contribution in [3.05, 3.63) is 35.5 Å². The number of ether oxygens (including phenoxy) is 1. The second-order valence-corrected chi connectivity index (χ2v) is 5.71. The second-order valence-electron chi connectivity index (χ2n) is 5.71. The molecule has 3 N–H and O–H groups in total. The summed E-state index contributed by atoms with van der Waals surface area (Å²) < 4.78 is 6.93. The maximum Gasteiger partial charge on any atom is 0.320 e. The fraction of sp³-hybridized carbons (Fsp3) is 0.312. The third-order valence-corrected chi connectivity index (χ3v) is 3.73. The summed E-state index contributed by atoms with van der Waals surface area (Å²) in [5.74, 6) is 1.05. The van der Waals surface area contributed by atoms with Gasteiger partial charge in [-0.2, -0.15) is 5.10 Å². The van der Waals surface area contributed by atoms with Gasteiger partial charge in [0.05, 0.1) is 17.4 Å². The van der Waals surface area contributed by atoms with Crippen molar-refractivity contribution in [2.45, 2.75) is 19.9 Å². The SMILES string of the molecule is Cc1cc(NC(=O)NC(C)c2ccc3c(c2)NC(=O)CO3)n(C)n1. The van der Waals surface area contributed by atoms with E-state index < -0.39 is 0 Å². The molecular weight excluding hydrogens is 310 g/mol. The molecule has 2 aromatic rings. The number of benzene rings is 1. The van der Waals surface area contributed by atoms with Crippen LogP contribution in [0.5, 0.6) is 5.75 Å². The van der Waals surface area contributed by atoms with Crippen LogP contribution in [0.2, 0.25) is 0 Å². The second kappa shape index (κ2) is 6.23. The first-order valence-corrected chi connectivity index (χ1v) is 7.57. The number of carbonyl (C=O) groups excluding carboxylic acids is 2. The van der Waals surface area contributed by atoms with Crippen molar-refractivity contribution in [2.24, 2.45) is 7.05 Å². The van der Waals surface area contributed by atoms with Gasteiger partial charge < -0.3 is 15.4 Å². The average molecular weight is 329 g/mol. The number of nitrogens with one attached hydrogen (secondary N) is 3. The predicted octanol–water partition coefficient (Wildman–Crippen LogP) is 1.94. The van der Waals surface area contributed by atoms with Crippen LogP contribution in [0.25, 0.3) is 0 Å². The molecule has 0 spiro atoms. The van der Waals surface area contributed by atoms with Gasteiger partial charge in [-0.15, -0.1) is 0 Å². The van der Waals surface area contributed by atoms with Crippen molar-refractivity contribution in [3.63, 3.8) is 0 Å². The molecule has 0 fully saturated rings. The van der Waals surface area contributed by atoms with Gasteiger partial charge in [0.1, 0.15) is 11.6 Å². The summed E-state index contributed by atoms with van der Waals surface area (Å²) in [5, 5.41) is 12.5. The van der Waals surface area contributed by atoms with Gasteiger partial charge in [-0.3, -0.25) is 14.8 Å². The molecule has 3 rings (SSSR count). The van der Waals surface area contributed by atoms with Crippen LogP contribution in [0.15, 0.2) is 24.3 Å². The van der Waals surface area contributed by atoms with E-state index in [0.29, 0.717) is 17.3 Å². The van der Waals surface area contributed by atoms with E-state index in [4.69, 9.17) is 4.74 Å². The van der Waals surface area contributed by atoms with Crippen LogP contribution in [-0.2, 0) is 11.8 Å². The van der Waals surface area contributed by atoms with Crippen molar-refractivity contribution in [3.8, 4) is 5.75 Å². The number of rotatable bonds is 3. The molecule has 8 heteroatoms. The molecule has 1 aliphatic rings. The molecule has 0 radical (unpaired) electrons. The number of aromatic nitrogens is 2. The first-order valence-electron chi connectivity index (χ1n) is 7.57. The van der Waals surface area contributed by atoms with E-state index >= 15 is 0 Å². The lowest BCUT2D eigenvalue weighted by Crippen LogP contribution is -2.32. The first kappa shape index (κ1) is 15.9. The topological polar surface area (TPSA) is 97.3 Å². The Kier molecular flexibility index (Phi) is 4.11.